The maximum absolute atomic E-state index is 13.5. The molecule has 3 amide bonds. The molecule has 1 aliphatic rings. The van der Waals surface area contributed by atoms with Crippen molar-refractivity contribution in [2.24, 2.45) is 0 Å². The molecule has 1 saturated heterocycles. The van der Waals surface area contributed by atoms with Crippen molar-refractivity contribution < 1.29 is 22.9 Å². The largest absolute Gasteiger partial charge is 0.379 e. The van der Waals surface area contributed by atoms with E-state index in [4.69, 9.17) is 0 Å². The van der Waals surface area contributed by atoms with Crippen molar-refractivity contribution in [3.8, 4) is 0 Å². The number of rotatable bonds is 13. The van der Waals surface area contributed by atoms with Crippen LogP contribution in [0, 0.1) is 10.1 Å². The molecule has 48 heavy (non-hydrogen) atoms. The third-order valence-electron chi connectivity index (χ3n) is 7.66. The third kappa shape index (κ3) is 9.12. The zero-order valence-corrected chi connectivity index (χ0v) is 27.7. The molecule has 0 unspecified atom stereocenters. The Morgan fingerprint density at radius 3 is 2.25 bits per heavy atom. The molecule has 1 fully saturated rings. The molecule has 0 atom stereocenters. The fraction of sp³-hybridized carbons (Fsp3) is 0.235. The Kier molecular flexibility index (Phi) is 11.7. The Bertz CT molecular complexity index is 1820. The molecule has 5 rings (SSSR count). The molecule has 0 radical (unpaired) electrons. The van der Waals surface area contributed by atoms with Gasteiger partial charge in [-0.25, -0.2) is 17.9 Å². The molecular weight excluding hydrogens is 653 g/mol. The number of carbonyl (C=O) groups is 2. The molecule has 0 bridgehead atoms. The standard InChI is InChI=1S/C34H36N6O6S2/c41-33(37-48(45,46)30-15-16-31(32(25-30)40(43)44)36-20-24-47-29-9-5-2-6-10-29)27-11-13-28(14-12-27)39(21-17-26-7-3-1-4-8-26)34(42)38-22-18-35-19-23-38/h1-16,25,35-36H,17-24H2,(H,37,41). The van der Waals surface area contributed by atoms with Gasteiger partial charge >= 0.3 is 6.03 Å². The lowest BCUT2D eigenvalue weighted by molar-refractivity contribution is -0.384. The topological polar surface area (TPSA) is 154 Å². The number of carbonyl (C=O) groups excluding carboxylic acids is 2. The molecule has 0 saturated carbocycles. The number of nitrogens with zero attached hydrogens (tertiary/aromatic N) is 3. The zero-order valence-electron chi connectivity index (χ0n) is 26.1. The van der Waals surface area contributed by atoms with E-state index in [2.05, 4.69) is 10.6 Å². The van der Waals surface area contributed by atoms with Gasteiger partial charge in [-0.15, -0.1) is 11.8 Å². The van der Waals surface area contributed by atoms with Crippen LogP contribution < -0.4 is 20.3 Å². The van der Waals surface area contributed by atoms with Crippen LogP contribution in [-0.2, 0) is 16.4 Å². The first-order valence-corrected chi connectivity index (χ1v) is 17.9. The summed E-state index contributed by atoms with van der Waals surface area (Å²) < 4.78 is 28.3. The van der Waals surface area contributed by atoms with Gasteiger partial charge in [-0.2, -0.15) is 0 Å². The smallest absolute Gasteiger partial charge is 0.324 e. The van der Waals surface area contributed by atoms with E-state index in [-0.39, 0.29) is 17.3 Å². The summed E-state index contributed by atoms with van der Waals surface area (Å²) in [5, 5.41) is 18.0. The number of piperazine rings is 1. The lowest BCUT2D eigenvalue weighted by atomic mass is 10.1. The number of nitrogens with one attached hydrogen (secondary N) is 3. The van der Waals surface area contributed by atoms with Crippen molar-refractivity contribution in [2.75, 3.05) is 55.2 Å². The van der Waals surface area contributed by atoms with Crippen LogP contribution in [0.2, 0.25) is 0 Å². The molecule has 0 spiro atoms. The maximum Gasteiger partial charge on any atom is 0.324 e. The molecular formula is C34H36N6O6S2. The molecule has 12 nitrogen and oxygen atoms in total. The van der Waals surface area contributed by atoms with Gasteiger partial charge in [0.05, 0.1) is 9.82 Å². The molecule has 1 heterocycles. The number of urea groups is 1. The van der Waals surface area contributed by atoms with E-state index in [1.807, 2.05) is 65.4 Å². The van der Waals surface area contributed by atoms with E-state index in [9.17, 15) is 28.1 Å². The highest BCUT2D eigenvalue weighted by Crippen LogP contribution is 2.28. The van der Waals surface area contributed by atoms with E-state index < -0.39 is 31.4 Å². The Hall–Kier alpha value is -4.92. The van der Waals surface area contributed by atoms with Crippen LogP contribution in [0.15, 0.2) is 113 Å². The quantitative estimate of drug-likeness (QED) is 0.0763. The van der Waals surface area contributed by atoms with E-state index in [0.29, 0.717) is 57.1 Å². The van der Waals surface area contributed by atoms with Gasteiger partial charge in [0.2, 0.25) is 0 Å². The summed E-state index contributed by atoms with van der Waals surface area (Å²) in [6.07, 6.45) is 0.617. The van der Waals surface area contributed by atoms with Gasteiger partial charge in [0.25, 0.3) is 21.6 Å². The Balaban J connectivity index is 1.25. The number of nitro benzene ring substituents is 1. The molecule has 14 heteroatoms. The number of anilines is 2. The van der Waals surface area contributed by atoms with Crippen LogP contribution in [0.25, 0.3) is 0 Å². The molecule has 4 aromatic carbocycles. The van der Waals surface area contributed by atoms with Crippen molar-refractivity contribution in [1.29, 1.82) is 0 Å². The number of thioether (sulfide) groups is 1. The molecule has 0 aromatic heterocycles. The number of hydrogen-bond donors (Lipinski definition) is 3. The van der Waals surface area contributed by atoms with Gasteiger partial charge < -0.3 is 15.5 Å². The van der Waals surface area contributed by atoms with Gasteiger partial charge in [-0.1, -0.05) is 48.5 Å². The van der Waals surface area contributed by atoms with E-state index in [1.54, 1.807) is 33.7 Å². The summed E-state index contributed by atoms with van der Waals surface area (Å²) in [5.41, 5.74) is 1.42. The van der Waals surface area contributed by atoms with Gasteiger partial charge in [0, 0.05) is 67.2 Å². The summed E-state index contributed by atoms with van der Waals surface area (Å²) in [5.74, 6) is -0.279. The highest BCUT2D eigenvalue weighted by Gasteiger charge is 2.26. The Labute approximate surface area is 283 Å². The van der Waals surface area contributed by atoms with E-state index >= 15 is 0 Å². The van der Waals surface area contributed by atoms with Crippen molar-refractivity contribution in [1.82, 2.24) is 14.9 Å². The number of sulfonamides is 1. The Morgan fingerprint density at radius 1 is 0.917 bits per heavy atom. The van der Waals surface area contributed by atoms with E-state index in [0.717, 1.165) is 16.5 Å². The summed E-state index contributed by atoms with van der Waals surface area (Å²) >= 11 is 1.58. The maximum atomic E-state index is 13.5. The summed E-state index contributed by atoms with van der Waals surface area (Å²) in [4.78, 5) is 41.8. The molecule has 3 N–H and O–H groups in total. The minimum absolute atomic E-state index is 0.0451. The van der Waals surface area contributed by atoms with Gasteiger partial charge in [0.15, 0.2) is 0 Å². The molecule has 0 aliphatic carbocycles. The average molecular weight is 689 g/mol. The molecule has 4 aromatic rings. The van der Waals surface area contributed by atoms with Crippen LogP contribution >= 0.6 is 11.8 Å². The minimum Gasteiger partial charge on any atom is -0.379 e. The fourth-order valence-electron chi connectivity index (χ4n) is 5.13. The van der Waals surface area contributed by atoms with Crippen molar-refractivity contribution in [3.05, 3.63) is 124 Å². The SMILES string of the molecule is O=C(NS(=O)(=O)c1ccc(NCCSc2ccccc2)c([N+](=O)[O-])c1)c1ccc(N(CCc2ccccc2)C(=O)N2CCNCC2)cc1. The summed E-state index contributed by atoms with van der Waals surface area (Å²) in [6.45, 7) is 3.35. The number of hydrogen-bond acceptors (Lipinski definition) is 9. The predicted molar refractivity (Wildman–Crippen MR) is 187 cm³/mol. The highest BCUT2D eigenvalue weighted by atomic mass is 32.2. The Morgan fingerprint density at radius 2 is 1.58 bits per heavy atom. The first-order valence-electron chi connectivity index (χ1n) is 15.4. The third-order valence-corrected chi connectivity index (χ3v) is 10.0. The fourth-order valence-corrected chi connectivity index (χ4v) is 6.91. The molecule has 1 aliphatic heterocycles. The van der Waals surface area contributed by atoms with Gasteiger partial charge in [-0.05, 0) is 60.5 Å². The summed E-state index contributed by atoms with van der Waals surface area (Å²) in [6, 6.07) is 28.9. The van der Waals surface area contributed by atoms with Crippen LogP contribution in [0.5, 0.6) is 0 Å². The predicted octanol–water partition coefficient (Wildman–Crippen LogP) is 4.99. The van der Waals surface area contributed by atoms with Crippen LogP contribution in [0.1, 0.15) is 15.9 Å². The van der Waals surface area contributed by atoms with Crippen LogP contribution in [-0.4, -0.2) is 75.2 Å². The van der Waals surface area contributed by atoms with Crippen molar-refractivity contribution in [2.45, 2.75) is 16.2 Å². The second kappa shape index (κ2) is 16.3. The van der Waals surface area contributed by atoms with Gasteiger partial charge in [-0.3, -0.25) is 19.8 Å². The van der Waals surface area contributed by atoms with Crippen LogP contribution in [0.3, 0.4) is 0 Å². The number of nitro groups is 1. The molecule has 250 valence electrons. The lowest BCUT2D eigenvalue weighted by Gasteiger charge is -2.33. The van der Waals surface area contributed by atoms with Crippen molar-refractivity contribution in [3.63, 3.8) is 0 Å². The normalized spacial score (nSPS) is 13.0. The average Bonchev–Trinajstić information content (AvgIpc) is 3.11. The summed E-state index contributed by atoms with van der Waals surface area (Å²) in [7, 11) is -4.45. The first kappa shape index (κ1) is 34.4. The van der Waals surface area contributed by atoms with Crippen LogP contribution in [0.4, 0.5) is 21.9 Å². The monoisotopic (exact) mass is 688 g/mol. The number of benzene rings is 4. The minimum atomic E-state index is -4.45. The van der Waals surface area contributed by atoms with Crippen molar-refractivity contribution >= 4 is 50.8 Å². The van der Waals surface area contributed by atoms with Gasteiger partial charge in [0.1, 0.15) is 5.69 Å². The highest BCUT2D eigenvalue weighted by molar-refractivity contribution is 7.99. The second-order valence-corrected chi connectivity index (χ2v) is 13.8. The second-order valence-electron chi connectivity index (χ2n) is 10.9. The number of amides is 3. The zero-order chi connectivity index (χ0) is 33.9. The first-order chi connectivity index (χ1) is 23.2. The van der Waals surface area contributed by atoms with E-state index in [1.165, 1.54) is 24.3 Å². The lowest BCUT2D eigenvalue weighted by Crippen LogP contribution is -2.52.